The van der Waals surface area contributed by atoms with Crippen LogP contribution >= 0.6 is 12.2 Å². The second-order valence-corrected chi connectivity index (χ2v) is 5.93. The minimum Gasteiger partial charge on any atom is -0.298 e. The molecule has 1 saturated heterocycles. The Bertz CT molecular complexity index is 915. The van der Waals surface area contributed by atoms with Crippen LogP contribution in [0.3, 0.4) is 0 Å². The summed E-state index contributed by atoms with van der Waals surface area (Å²) in [5, 5.41) is 4.72. The van der Waals surface area contributed by atoms with Gasteiger partial charge in [-0.05, 0) is 47.1 Å². The number of amides is 2. The number of hydrogen-bond acceptors (Lipinski definition) is 3. The van der Waals surface area contributed by atoms with E-state index in [0.717, 1.165) is 21.9 Å². The summed E-state index contributed by atoms with van der Waals surface area (Å²) in [6.45, 7) is 5.83. The van der Waals surface area contributed by atoms with E-state index >= 15 is 0 Å². The van der Waals surface area contributed by atoms with Gasteiger partial charge >= 0.3 is 0 Å². The van der Waals surface area contributed by atoms with Crippen LogP contribution in [-0.2, 0) is 9.59 Å². The van der Waals surface area contributed by atoms with Crippen LogP contribution in [0.2, 0.25) is 0 Å². The third-order valence-electron chi connectivity index (χ3n) is 3.97. The SMILES string of the molecule is C=CCN1C(=O)/C(=C/c2c(C)ccc3ccccc23)C(=O)NC1=S. The molecule has 120 valence electrons. The van der Waals surface area contributed by atoms with Crippen LogP contribution in [0, 0.1) is 6.92 Å². The first-order chi connectivity index (χ1) is 11.5. The van der Waals surface area contributed by atoms with Crippen molar-refractivity contribution < 1.29 is 9.59 Å². The molecule has 1 heterocycles. The van der Waals surface area contributed by atoms with Crippen molar-refractivity contribution in [2.75, 3.05) is 6.54 Å². The molecule has 24 heavy (non-hydrogen) atoms. The van der Waals surface area contributed by atoms with E-state index in [-0.39, 0.29) is 17.2 Å². The zero-order valence-corrected chi connectivity index (χ0v) is 14.0. The maximum absolute atomic E-state index is 12.6. The number of aryl methyl sites for hydroxylation is 1. The highest BCUT2D eigenvalue weighted by molar-refractivity contribution is 7.80. The van der Waals surface area contributed by atoms with Gasteiger partial charge in [0.15, 0.2) is 5.11 Å². The first-order valence-electron chi connectivity index (χ1n) is 7.51. The normalized spacial score (nSPS) is 16.6. The number of benzene rings is 2. The molecular weight excluding hydrogens is 320 g/mol. The molecule has 3 rings (SSSR count). The molecule has 0 atom stereocenters. The van der Waals surface area contributed by atoms with E-state index in [2.05, 4.69) is 11.9 Å². The Morgan fingerprint density at radius 2 is 1.96 bits per heavy atom. The Labute approximate surface area is 145 Å². The molecule has 2 amide bonds. The number of nitrogens with zero attached hydrogens (tertiary/aromatic N) is 1. The average molecular weight is 336 g/mol. The van der Waals surface area contributed by atoms with E-state index in [1.54, 1.807) is 12.2 Å². The summed E-state index contributed by atoms with van der Waals surface area (Å²) in [6.07, 6.45) is 3.22. The largest absolute Gasteiger partial charge is 0.298 e. The predicted molar refractivity (Wildman–Crippen MR) is 99.3 cm³/mol. The van der Waals surface area contributed by atoms with Gasteiger partial charge in [0.05, 0.1) is 0 Å². The molecule has 1 aliphatic heterocycles. The van der Waals surface area contributed by atoms with Crippen molar-refractivity contribution in [1.29, 1.82) is 0 Å². The fourth-order valence-electron chi connectivity index (χ4n) is 2.73. The summed E-state index contributed by atoms with van der Waals surface area (Å²) >= 11 is 5.07. The lowest BCUT2D eigenvalue weighted by Gasteiger charge is -2.28. The number of carbonyl (C=O) groups is 2. The Morgan fingerprint density at radius 3 is 2.71 bits per heavy atom. The summed E-state index contributed by atoms with van der Waals surface area (Å²) in [5.74, 6) is -0.881. The summed E-state index contributed by atoms with van der Waals surface area (Å²) in [7, 11) is 0. The summed E-state index contributed by atoms with van der Waals surface area (Å²) in [5.41, 5.74) is 1.92. The highest BCUT2D eigenvalue weighted by Gasteiger charge is 2.32. The van der Waals surface area contributed by atoms with Gasteiger partial charge in [-0.3, -0.25) is 19.8 Å². The van der Waals surface area contributed by atoms with Crippen LogP contribution in [0.15, 0.2) is 54.6 Å². The molecule has 0 saturated carbocycles. The minimum atomic E-state index is -0.474. The first-order valence-corrected chi connectivity index (χ1v) is 7.92. The van der Waals surface area contributed by atoms with Gasteiger partial charge in [-0.15, -0.1) is 6.58 Å². The number of rotatable bonds is 3. The Balaban J connectivity index is 2.15. The van der Waals surface area contributed by atoms with Gasteiger partial charge in [0.2, 0.25) is 0 Å². The third kappa shape index (κ3) is 2.74. The quantitative estimate of drug-likeness (QED) is 0.406. The van der Waals surface area contributed by atoms with Gasteiger partial charge in [-0.1, -0.05) is 42.5 Å². The van der Waals surface area contributed by atoms with Gasteiger partial charge in [0.25, 0.3) is 11.8 Å². The first kappa shape index (κ1) is 16.1. The lowest BCUT2D eigenvalue weighted by molar-refractivity contribution is -0.128. The smallest absolute Gasteiger partial charge is 0.265 e. The van der Waals surface area contributed by atoms with E-state index in [9.17, 15) is 9.59 Å². The van der Waals surface area contributed by atoms with Crippen molar-refractivity contribution in [3.8, 4) is 0 Å². The maximum Gasteiger partial charge on any atom is 0.265 e. The molecule has 0 unspecified atom stereocenters. The maximum atomic E-state index is 12.6. The van der Waals surface area contributed by atoms with Gasteiger partial charge in [-0.2, -0.15) is 0 Å². The molecule has 0 radical (unpaired) electrons. The molecular formula is C19H16N2O2S. The fraction of sp³-hybridized carbons (Fsp3) is 0.105. The van der Waals surface area contributed by atoms with Crippen molar-refractivity contribution in [1.82, 2.24) is 10.2 Å². The topological polar surface area (TPSA) is 49.4 Å². The van der Waals surface area contributed by atoms with Crippen LogP contribution < -0.4 is 5.32 Å². The Morgan fingerprint density at radius 1 is 1.21 bits per heavy atom. The second-order valence-electron chi connectivity index (χ2n) is 5.54. The van der Waals surface area contributed by atoms with Crippen molar-refractivity contribution in [3.05, 3.63) is 65.8 Å². The molecule has 1 aliphatic rings. The number of carbonyl (C=O) groups excluding carboxylic acids is 2. The molecule has 2 aromatic rings. The van der Waals surface area contributed by atoms with Gasteiger partial charge in [-0.25, -0.2) is 0 Å². The van der Waals surface area contributed by atoms with Crippen molar-refractivity contribution in [2.45, 2.75) is 6.92 Å². The zero-order chi connectivity index (χ0) is 17.3. The van der Waals surface area contributed by atoms with Crippen LogP contribution in [0.4, 0.5) is 0 Å². The van der Waals surface area contributed by atoms with E-state index in [1.165, 1.54) is 4.90 Å². The summed E-state index contributed by atoms with van der Waals surface area (Å²) < 4.78 is 0. The molecule has 0 bridgehead atoms. The number of nitrogens with one attached hydrogen (secondary N) is 1. The van der Waals surface area contributed by atoms with Gasteiger partial charge in [0, 0.05) is 6.54 Å². The van der Waals surface area contributed by atoms with Crippen LogP contribution in [0.1, 0.15) is 11.1 Å². The third-order valence-corrected chi connectivity index (χ3v) is 4.30. The van der Waals surface area contributed by atoms with Crippen molar-refractivity contribution >= 4 is 46.0 Å². The van der Waals surface area contributed by atoms with E-state index in [4.69, 9.17) is 12.2 Å². The molecule has 5 heteroatoms. The van der Waals surface area contributed by atoms with E-state index in [0.29, 0.717) is 0 Å². The van der Waals surface area contributed by atoms with Gasteiger partial charge < -0.3 is 0 Å². The molecule has 0 spiro atoms. The standard InChI is InChI=1S/C19H16N2O2S/c1-3-10-21-18(23)16(17(22)20-19(21)24)11-15-12(2)8-9-13-6-4-5-7-14(13)15/h3-9,11H,1,10H2,2H3,(H,20,22,24)/b16-11+. The molecule has 1 fully saturated rings. The van der Waals surface area contributed by atoms with Crippen LogP contribution in [0.25, 0.3) is 16.8 Å². The predicted octanol–water partition coefficient (Wildman–Crippen LogP) is 2.96. The lowest BCUT2D eigenvalue weighted by Crippen LogP contribution is -2.53. The van der Waals surface area contributed by atoms with Crippen LogP contribution in [-0.4, -0.2) is 28.4 Å². The lowest BCUT2D eigenvalue weighted by atomic mass is 9.97. The minimum absolute atomic E-state index is 0.0740. The average Bonchev–Trinajstić information content (AvgIpc) is 2.57. The second kappa shape index (κ2) is 6.37. The fourth-order valence-corrected chi connectivity index (χ4v) is 2.98. The number of thiocarbonyl (C=S) groups is 1. The summed E-state index contributed by atoms with van der Waals surface area (Å²) in [4.78, 5) is 26.3. The number of hydrogen-bond donors (Lipinski definition) is 1. The molecule has 1 N–H and O–H groups in total. The van der Waals surface area contributed by atoms with E-state index < -0.39 is 11.8 Å². The highest BCUT2D eigenvalue weighted by atomic mass is 32.1. The Hall–Kier alpha value is -2.79. The molecule has 2 aromatic carbocycles. The Kier molecular flexibility index (Phi) is 4.27. The number of fused-ring (bicyclic) bond motifs is 1. The monoisotopic (exact) mass is 336 g/mol. The van der Waals surface area contributed by atoms with Crippen LogP contribution in [0.5, 0.6) is 0 Å². The van der Waals surface area contributed by atoms with Crippen molar-refractivity contribution in [2.24, 2.45) is 0 Å². The highest BCUT2D eigenvalue weighted by Crippen LogP contribution is 2.25. The zero-order valence-electron chi connectivity index (χ0n) is 13.2. The molecule has 0 aromatic heterocycles. The molecule has 4 nitrogen and oxygen atoms in total. The van der Waals surface area contributed by atoms with Gasteiger partial charge in [0.1, 0.15) is 5.57 Å². The summed E-state index contributed by atoms with van der Waals surface area (Å²) in [6, 6.07) is 11.9. The van der Waals surface area contributed by atoms with E-state index in [1.807, 2.05) is 43.3 Å². The van der Waals surface area contributed by atoms with Crippen molar-refractivity contribution in [3.63, 3.8) is 0 Å². The molecule has 0 aliphatic carbocycles.